The van der Waals surface area contributed by atoms with E-state index in [0.717, 1.165) is 30.3 Å². The Bertz CT molecular complexity index is 1390. The van der Waals surface area contributed by atoms with Crippen LogP contribution in [0.5, 0.6) is 5.75 Å². The van der Waals surface area contributed by atoms with Crippen LogP contribution in [0.1, 0.15) is 82.3 Å². The van der Waals surface area contributed by atoms with Crippen molar-refractivity contribution in [3.05, 3.63) is 47.5 Å². The fourth-order valence-corrected chi connectivity index (χ4v) is 6.28. The third-order valence-electron chi connectivity index (χ3n) is 7.19. The zero-order valence-corrected chi connectivity index (χ0v) is 23.7. The molecule has 7 nitrogen and oxygen atoms in total. The minimum absolute atomic E-state index is 0.0709. The fourth-order valence-electron chi connectivity index (χ4n) is 6.28. The normalized spacial score (nSPS) is 17.0. The SMILES string of the molecule is CCOC(=O)CC(=O)c1cc2nc(Nc3ccc(OC(F)(F)F)cc3)n(C3CC(C)(C)CC(C)(C)C3)c2cc1C. The highest BCUT2D eigenvalue weighted by Gasteiger charge is 2.40. The van der Waals surface area contributed by atoms with Gasteiger partial charge in [0.25, 0.3) is 0 Å². The molecule has 3 aromatic rings. The van der Waals surface area contributed by atoms with Gasteiger partial charge in [-0.2, -0.15) is 0 Å². The van der Waals surface area contributed by atoms with Gasteiger partial charge in [0.15, 0.2) is 5.78 Å². The number of nitrogens with zero attached hydrogens (tertiary/aromatic N) is 2. The van der Waals surface area contributed by atoms with Crippen molar-refractivity contribution in [3.8, 4) is 5.75 Å². The number of esters is 1. The van der Waals surface area contributed by atoms with Crippen LogP contribution in [-0.4, -0.2) is 34.3 Å². The monoisotopic (exact) mass is 559 g/mol. The number of aryl methyl sites for hydroxylation is 1. The maximum absolute atomic E-state index is 12.9. The minimum Gasteiger partial charge on any atom is -0.466 e. The van der Waals surface area contributed by atoms with Crippen molar-refractivity contribution in [1.29, 1.82) is 0 Å². The van der Waals surface area contributed by atoms with E-state index in [0.29, 0.717) is 22.7 Å². The molecule has 0 unspecified atom stereocenters. The third-order valence-corrected chi connectivity index (χ3v) is 7.19. The number of aromatic nitrogens is 2. The van der Waals surface area contributed by atoms with Gasteiger partial charge in [-0.05, 0) is 85.9 Å². The van der Waals surface area contributed by atoms with Gasteiger partial charge in [-0.3, -0.25) is 9.59 Å². The molecule has 2 aromatic carbocycles. The molecule has 0 aliphatic heterocycles. The van der Waals surface area contributed by atoms with Crippen molar-refractivity contribution in [3.63, 3.8) is 0 Å². The van der Waals surface area contributed by atoms with Crippen molar-refractivity contribution < 1.29 is 32.2 Å². The van der Waals surface area contributed by atoms with Crippen LogP contribution in [0.2, 0.25) is 0 Å². The first kappa shape index (κ1) is 29.4. The Hall–Kier alpha value is -3.56. The van der Waals surface area contributed by atoms with Crippen molar-refractivity contribution in [1.82, 2.24) is 9.55 Å². The summed E-state index contributed by atoms with van der Waals surface area (Å²) in [4.78, 5) is 29.7. The van der Waals surface area contributed by atoms with Crippen molar-refractivity contribution in [2.75, 3.05) is 11.9 Å². The van der Waals surface area contributed by atoms with Gasteiger partial charge in [-0.25, -0.2) is 4.98 Å². The average Bonchev–Trinajstić information content (AvgIpc) is 3.13. The Morgan fingerprint density at radius 3 is 2.27 bits per heavy atom. The molecule has 216 valence electrons. The smallest absolute Gasteiger partial charge is 0.466 e. The molecule has 1 saturated carbocycles. The highest BCUT2D eigenvalue weighted by molar-refractivity contribution is 6.08. The number of ether oxygens (including phenoxy) is 2. The number of hydrogen-bond donors (Lipinski definition) is 1. The van der Waals surface area contributed by atoms with Crippen LogP contribution >= 0.6 is 0 Å². The Morgan fingerprint density at radius 2 is 1.70 bits per heavy atom. The largest absolute Gasteiger partial charge is 0.573 e. The summed E-state index contributed by atoms with van der Waals surface area (Å²) < 4.78 is 48.9. The van der Waals surface area contributed by atoms with Gasteiger partial charge in [0.2, 0.25) is 5.95 Å². The summed E-state index contributed by atoms with van der Waals surface area (Å²) in [6.45, 7) is 12.7. The van der Waals surface area contributed by atoms with E-state index < -0.39 is 12.3 Å². The molecule has 0 atom stereocenters. The number of carbonyl (C=O) groups excluding carboxylic acids is 2. The fraction of sp³-hybridized carbons (Fsp3) is 0.500. The summed E-state index contributed by atoms with van der Waals surface area (Å²) in [5, 5.41) is 3.28. The standard InChI is InChI=1S/C30H36F3N3O4/c1-7-39-26(38)14-25(37)22-13-23-24(12-18(22)2)36(20-15-28(3,4)17-29(5,6)16-20)27(35-23)34-19-8-10-21(11-9-19)40-30(31,32)33/h8-13,20H,7,14-17H2,1-6H3,(H,34,35). The molecule has 10 heteroatoms. The Labute approximate surface area is 232 Å². The second-order valence-corrected chi connectivity index (χ2v) is 12.1. The summed E-state index contributed by atoms with van der Waals surface area (Å²) in [6, 6.07) is 9.18. The number of halogens is 3. The maximum atomic E-state index is 12.9. The second-order valence-electron chi connectivity index (χ2n) is 12.1. The lowest BCUT2D eigenvalue weighted by molar-refractivity contribution is -0.274. The number of hydrogen-bond acceptors (Lipinski definition) is 6. The van der Waals surface area contributed by atoms with Gasteiger partial charge in [-0.1, -0.05) is 27.7 Å². The summed E-state index contributed by atoms with van der Waals surface area (Å²) in [7, 11) is 0. The van der Waals surface area contributed by atoms with E-state index in [1.165, 1.54) is 24.3 Å². The number of benzene rings is 2. The number of imidazole rings is 1. The van der Waals surface area contributed by atoms with Crippen LogP contribution in [0.25, 0.3) is 11.0 Å². The van der Waals surface area contributed by atoms with Gasteiger partial charge < -0.3 is 19.4 Å². The van der Waals surface area contributed by atoms with Gasteiger partial charge in [0.05, 0.1) is 17.6 Å². The molecule has 0 bridgehead atoms. The molecule has 0 radical (unpaired) electrons. The Morgan fingerprint density at radius 1 is 1.07 bits per heavy atom. The molecule has 1 fully saturated rings. The molecule has 40 heavy (non-hydrogen) atoms. The number of nitrogens with one attached hydrogen (secondary N) is 1. The number of alkyl halides is 3. The van der Waals surface area contributed by atoms with Gasteiger partial charge in [0, 0.05) is 17.3 Å². The average molecular weight is 560 g/mol. The molecule has 0 saturated heterocycles. The van der Waals surface area contributed by atoms with Crippen molar-refractivity contribution in [2.24, 2.45) is 10.8 Å². The summed E-state index contributed by atoms with van der Waals surface area (Å²) in [5.74, 6) is -0.721. The predicted octanol–water partition coefficient (Wildman–Crippen LogP) is 7.90. The molecule has 0 amide bonds. The Balaban J connectivity index is 1.77. The highest BCUT2D eigenvalue weighted by atomic mass is 19.4. The zero-order valence-electron chi connectivity index (χ0n) is 23.7. The number of Topliss-reactive ketones (excluding diaryl/α,β-unsaturated/α-hetero) is 1. The lowest BCUT2D eigenvalue weighted by atomic mass is 9.63. The van der Waals surface area contributed by atoms with E-state index in [1.54, 1.807) is 13.0 Å². The Kier molecular flexibility index (Phi) is 7.93. The molecular formula is C30H36F3N3O4. The zero-order chi connectivity index (χ0) is 29.5. The van der Waals surface area contributed by atoms with Crippen molar-refractivity contribution in [2.45, 2.75) is 79.6 Å². The lowest BCUT2D eigenvalue weighted by Gasteiger charge is -2.45. The molecule has 1 aliphatic carbocycles. The van der Waals surface area contributed by atoms with E-state index in [4.69, 9.17) is 9.72 Å². The number of anilines is 2. The molecular weight excluding hydrogens is 523 g/mol. The summed E-state index contributed by atoms with van der Waals surface area (Å²) >= 11 is 0. The first-order valence-electron chi connectivity index (χ1n) is 13.4. The minimum atomic E-state index is -4.77. The van der Waals surface area contributed by atoms with Crippen LogP contribution in [0.15, 0.2) is 36.4 Å². The quantitative estimate of drug-likeness (QED) is 0.172. The number of carbonyl (C=O) groups is 2. The van der Waals surface area contributed by atoms with E-state index in [9.17, 15) is 22.8 Å². The molecule has 4 rings (SSSR count). The van der Waals surface area contributed by atoms with Crippen LogP contribution in [0, 0.1) is 17.8 Å². The molecule has 1 heterocycles. The van der Waals surface area contributed by atoms with E-state index in [2.05, 4.69) is 42.3 Å². The van der Waals surface area contributed by atoms with Gasteiger partial charge in [-0.15, -0.1) is 13.2 Å². The molecule has 0 spiro atoms. The predicted molar refractivity (Wildman–Crippen MR) is 147 cm³/mol. The van der Waals surface area contributed by atoms with Gasteiger partial charge >= 0.3 is 12.3 Å². The second kappa shape index (κ2) is 10.8. The first-order chi connectivity index (χ1) is 18.6. The highest BCUT2D eigenvalue weighted by Crippen LogP contribution is 2.51. The summed E-state index contributed by atoms with van der Waals surface area (Å²) in [5.41, 5.74) is 3.22. The maximum Gasteiger partial charge on any atom is 0.573 e. The topological polar surface area (TPSA) is 82.5 Å². The number of ketones is 1. The van der Waals surface area contributed by atoms with E-state index >= 15 is 0 Å². The number of fused-ring (bicyclic) bond motifs is 1. The van der Waals surface area contributed by atoms with Crippen molar-refractivity contribution >= 4 is 34.4 Å². The van der Waals surface area contributed by atoms with Crippen LogP contribution < -0.4 is 10.1 Å². The van der Waals surface area contributed by atoms with E-state index in [-0.39, 0.29) is 41.4 Å². The first-order valence-corrected chi connectivity index (χ1v) is 13.4. The third kappa shape index (κ3) is 6.95. The van der Waals surface area contributed by atoms with Crippen LogP contribution in [0.3, 0.4) is 0 Å². The molecule has 1 aliphatic rings. The van der Waals surface area contributed by atoms with Crippen LogP contribution in [0.4, 0.5) is 24.8 Å². The van der Waals surface area contributed by atoms with E-state index in [1.807, 2.05) is 13.0 Å². The summed E-state index contributed by atoms with van der Waals surface area (Å²) in [6.07, 6.45) is -2.26. The number of rotatable bonds is 8. The van der Waals surface area contributed by atoms with Crippen LogP contribution in [-0.2, 0) is 9.53 Å². The molecule has 1 N–H and O–H groups in total. The van der Waals surface area contributed by atoms with Gasteiger partial charge in [0.1, 0.15) is 12.2 Å². The molecule has 1 aromatic heterocycles. The lowest BCUT2D eigenvalue weighted by Crippen LogP contribution is -2.35.